The van der Waals surface area contributed by atoms with Gasteiger partial charge in [0.2, 0.25) is 0 Å². The zero-order valence-electron chi connectivity index (χ0n) is 11.1. The van der Waals surface area contributed by atoms with Crippen molar-refractivity contribution in [3.05, 3.63) is 53.7 Å². The van der Waals surface area contributed by atoms with Crippen molar-refractivity contribution < 1.29 is 13.2 Å². The van der Waals surface area contributed by atoms with Crippen LogP contribution in [0, 0.1) is 6.92 Å². The number of Topliss-reactive ketones (excluding diaryl/α,β-unsaturated/α-hetero) is 1. The lowest BCUT2D eigenvalue weighted by atomic mass is 10.2. The smallest absolute Gasteiger partial charge is 0.263 e. The van der Waals surface area contributed by atoms with Crippen LogP contribution < -0.4 is 4.72 Å². The molecule has 0 unspecified atom stereocenters. The maximum atomic E-state index is 12.2. The zero-order valence-corrected chi connectivity index (χ0v) is 11.9. The average molecular weight is 290 g/mol. The van der Waals surface area contributed by atoms with Crippen LogP contribution in [-0.2, 0) is 10.0 Å². The van der Waals surface area contributed by atoms with Crippen molar-refractivity contribution in [2.75, 3.05) is 4.72 Å². The second kappa shape index (κ2) is 5.42. The number of aromatic nitrogens is 1. The monoisotopic (exact) mass is 290 g/mol. The molecular formula is C14H14N2O3S. The summed E-state index contributed by atoms with van der Waals surface area (Å²) in [5.74, 6) is 0.0549. The number of aryl methyl sites for hydroxylation is 1. The van der Waals surface area contributed by atoms with Gasteiger partial charge >= 0.3 is 0 Å². The summed E-state index contributed by atoms with van der Waals surface area (Å²) in [7, 11) is -3.75. The van der Waals surface area contributed by atoms with E-state index in [4.69, 9.17) is 0 Å². The molecule has 1 heterocycles. The van der Waals surface area contributed by atoms with E-state index in [1.54, 1.807) is 24.4 Å². The molecule has 0 saturated carbocycles. The van der Waals surface area contributed by atoms with E-state index in [0.29, 0.717) is 5.56 Å². The molecular weight excluding hydrogens is 276 g/mol. The van der Waals surface area contributed by atoms with Gasteiger partial charge in [-0.1, -0.05) is 18.2 Å². The number of anilines is 1. The van der Waals surface area contributed by atoms with Crippen LogP contribution in [-0.4, -0.2) is 19.2 Å². The number of sulfonamides is 1. The van der Waals surface area contributed by atoms with Gasteiger partial charge in [0.25, 0.3) is 10.0 Å². The Morgan fingerprint density at radius 2 is 1.95 bits per heavy atom. The van der Waals surface area contributed by atoms with Crippen LogP contribution in [0.5, 0.6) is 0 Å². The first-order valence-corrected chi connectivity index (χ1v) is 7.43. The lowest BCUT2D eigenvalue weighted by molar-refractivity contribution is 0.101. The van der Waals surface area contributed by atoms with Crippen LogP contribution in [0.3, 0.4) is 0 Å². The van der Waals surface area contributed by atoms with Gasteiger partial charge in [-0.2, -0.15) is 0 Å². The third-order valence-corrected chi connectivity index (χ3v) is 4.05. The first kappa shape index (κ1) is 14.2. The summed E-state index contributed by atoms with van der Waals surface area (Å²) in [5.41, 5.74) is 1.29. The fourth-order valence-electron chi connectivity index (χ4n) is 1.61. The highest BCUT2D eigenvalue weighted by Gasteiger charge is 2.15. The standard InChI is InChI=1S/C14H14N2O3S/c1-10-6-7-14(15-9-10)16-20(18,19)13-5-3-4-12(8-13)11(2)17/h3-9H,1-2H3,(H,15,16). The summed E-state index contributed by atoms with van der Waals surface area (Å²) in [6.07, 6.45) is 1.57. The number of pyridine rings is 1. The molecule has 1 N–H and O–H groups in total. The SMILES string of the molecule is CC(=O)c1cccc(S(=O)(=O)Nc2ccc(C)cn2)c1. The van der Waals surface area contributed by atoms with E-state index >= 15 is 0 Å². The van der Waals surface area contributed by atoms with E-state index in [2.05, 4.69) is 9.71 Å². The van der Waals surface area contributed by atoms with Gasteiger partial charge in [0.05, 0.1) is 4.90 Å². The Bertz CT molecular complexity index is 737. The molecule has 0 spiro atoms. The molecule has 0 atom stereocenters. The number of carbonyl (C=O) groups is 1. The highest BCUT2D eigenvalue weighted by molar-refractivity contribution is 7.92. The number of benzene rings is 1. The minimum atomic E-state index is -3.75. The minimum absolute atomic E-state index is 0.0348. The normalized spacial score (nSPS) is 11.1. The van der Waals surface area contributed by atoms with Crippen molar-refractivity contribution in [3.63, 3.8) is 0 Å². The van der Waals surface area contributed by atoms with E-state index in [1.807, 2.05) is 6.92 Å². The fourth-order valence-corrected chi connectivity index (χ4v) is 2.66. The van der Waals surface area contributed by atoms with Gasteiger partial charge in [-0.15, -0.1) is 0 Å². The van der Waals surface area contributed by atoms with E-state index in [9.17, 15) is 13.2 Å². The number of hydrogen-bond donors (Lipinski definition) is 1. The highest BCUT2D eigenvalue weighted by Crippen LogP contribution is 2.16. The maximum absolute atomic E-state index is 12.2. The van der Waals surface area contributed by atoms with E-state index in [-0.39, 0.29) is 16.5 Å². The van der Waals surface area contributed by atoms with Gasteiger partial charge in [0.15, 0.2) is 5.78 Å². The van der Waals surface area contributed by atoms with E-state index in [0.717, 1.165) is 5.56 Å². The number of nitrogens with zero attached hydrogens (tertiary/aromatic N) is 1. The van der Waals surface area contributed by atoms with Gasteiger partial charge in [0, 0.05) is 11.8 Å². The molecule has 0 fully saturated rings. The van der Waals surface area contributed by atoms with Crippen molar-refractivity contribution in [2.45, 2.75) is 18.7 Å². The molecule has 1 aromatic heterocycles. The molecule has 0 aliphatic heterocycles. The Balaban J connectivity index is 2.33. The number of rotatable bonds is 4. The predicted octanol–water partition coefficient (Wildman–Crippen LogP) is 2.39. The number of hydrogen-bond acceptors (Lipinski definition) is 4. The predicted molar refractivity (Wildman–Crippen MR) is 76.2 cm³/mol. The summed E-state index contributed by atoms with van der Waals surface area (Å²) >= 11 is 0. The van der Waals surface area contributed by atoms with Crippen molar-refractivity contribution in [2.24, 2.45) is 0 Å². The summed E-state index contributed by atoms with van der Waals surface area (Å²) in [6.45, 7) is 3.25. The van der Waals surface area contributed by atoms with Crippen molar-refractivity contribution in [1.29, 1.82) is 0 Å². The molecule has 5 nitrogen and oxygen atoms in total. The summed E-state index contributed by atoms with van der Waals surface area (Å²) < 4.78 is 26.8. The Labute approximate surface area is 117 Å². The number of nitrogens with one attached hydrogen (secondary N) is 1. The number of ketones is 1. The third kappa shape index (κ3) is 3.21. The minimum Gasteiger partial charge on any atom is -0.295 e. The quantitative estimate of drug-likeness (QED) is 0.877. The fraction of sp³-hybridized carbons (Fsp3) is 0.143. The second-order valence-electron chi connectivity index (χ2n) is 4.41. The van der Waals surface area contributed by atoms with Gasteiger partial charge in [-0.3, -0.25) is 9.52 Å². The molecule has 1 aromatic carbocycles. The molecule has 104 valence electrons. The van der Waals surface area contributed by atoms with Crippen LogP contribution in [0.25, 0.3) is 0 Å². The molecule has 2 rings (SSSR count). The summed E-state index contributed by atoms with van der Waals surface area (Å²) in [5, 5.41) is 0. The largest absolute Gasteiger partial charge is 0.295 e. The van der Waals surface area contributed by atoms with Gasteiger partial charge in [0.1, 0.15) is 5.82 Å². The summed E-state index contributed by atoms with van der Waals surface area (Å²) in [6, 6.07) is 9.24. The Hall–Kier alpha value is -2.21. The third-order valence-electron chi connectivity index (χ3n) is 2.70. The molecule has 0 bridgehead atoms. The molecule has 0 amide bonds. The van der Waals surface area contributed by atoms with Crippen LogP contribution >= 0.6 is 0 Å². The van der Waals surface area contributed by atoms with E-state index < -0.39 is 10.0 Å². The lowest BCUT2D eigenvalue weighted by Gasteiger charge is -2.08. The van der Waals surface area contributed by atoms with Gasteiger partial charge < -0.3 is 0 Å². The molecule has 0 aliphatic carbocycles. The van der Waals surface area contributed by atoms with Crippen molar-refractivity contribution >= 4 is 21.6 Å². The van der Waals surface area contributed by atoms with Crippen LogP contribution in [0.2, 0.25) is 0 Å². The molecule has 0 saturated heterocycles. The van der Waals surface area contributed by atoms with Gasteiger partial charge in [-0.25, -0.2) is 13.4 Å². The Kier molecular flexibility index (Phi) is 3.85. The molecule has 0 radical (unpaired) electrons. The highest BCUT2D eigenvalue weighted by atomic mass is 32.2. The Morgan fingerprint density at radius 1 is 1.20 bits per heavy atom. The van der Waals surface area contributed by atoms with E-state index in [1.165, 1.54) is 25.1 Å². The zero-order chi connectivity index (χ0) is 14.8. The second-order valence-corrected chi connectivity index (χ2v) is 6.09. The first-order chi connectivity index (χ1) is 9.38. The molecule has 20 heavy (non-hydrogen) atoms. The van der Waals surface area contributed by atoms with Gasteiger partial charge in [-0.05, 0) is 37.6 Å². The van der Waals surface area contributed by atoms with Crippen molar-refractivity contribution in [1.82, 2.24) is 4.98 Å². The number of carbonyl (C=O) groups excluding carboxylic acids is 1. The summed E-state index contributed by atoms with van der Waals surface area (Å²) in [4.78, 5) is 15.3. The van der Waals surface area contributed by atoms with Crippen molar-refractivity contribution in [3.8, 4) is 0 Å². The molecule has 6 heteroatoms. The average Bonchev–Trinajstić information content (AvgIpc) is 2.41. The topological polar surface area (TPSA) is 76.1 Å². The maximum Gasteiger partial charge on any atom is 0.263 e. The lowest BCUT2D eigenvalue weighted by Crippen LogP contribution is -2.14. The van der Waals surface area contributed by atoms with Crippen LogP contribution in [0.4, 0.5) is 5.82 Å². The first-order valence-electron chi connectivity index (χ1n) is 5.95. The van der Waals surface area contributed by atoms with Crippen LogP contribution in [0.15, 0.2) is 47.5 Å². The molecule has 0 aliphatic rings. The Morgan fingerprint density at radius 3 is 2.55 bits per heavy atom. The van der Waals surface area contributed by atoms with Crippen LogP contribution in [0.1, 0.15) is 22.8 Å². The molecule has 2 aromatic rings.